The second-order valence-corrected chi connectivity index (χ2v) is 7.66. The van der Waals surface area contributed by atoms with Gasteiger partial charge >= 0.3 is 0 Å². The van der Waals surface area contributed by atoms with Crippen molar-refractivity contribution >= 4 is 23.4 Å². The van der Waals surface area contributed by atoms with Crippen molar-refractivity contribution < 1.29 is 4.79 Å². The molecular weight excluding hydrogens is 358 g/mol. The van der Waals surface area contributed by atoms with Crippen molar-refractivity contribution in [1.29, 1.82) is 0 Å². The molecule has 0 unspecified atom stereocenters. The van der Waals surface area contributed by atoms with Gasteiger partial charge in [0.05, 0.1) is 10.9 Å². The number of anilines is 1. The molecule has 0 fully saturated rings. The smallest absolute Gasteiger partial charge is 0.237 e. The zero-order chi connectivity index (χ0) is 19.2. The van der Waals surface area contributed by atoms with Crippen molar-refractivity contribution in [1.82, 2.24) is 20.2 Å². The fraction of sp³-hybridized carbons (Fsp3) is 0.300. The normalized spacial score (nSPS) is 13.1. The SMILES string of the molecule is CC[C@@H](C)c1ccccc1NC(=O)[C@H](C)Sc1nnnn1-c1ccccc1. The van der Waals surface area contributed by atoms with Crippen LogP contribution in [0.3, 0.4) is 0 Å². The van der Waals surface area contributed by atoms with Gasteiger partial charge in [-0.05, 0) is 53.5 Å². The van der Waals surface area contributed by atoms with Crippen LogP contribution in [-0.4, -0.2) is 31.4 Å². The van der Waals surface area contributed by atoms with E-state index in [9.17, 15) is 4.79 Å². The van der Waals surface area contributed by atoms with E-state index in [-0.39, 0.29) is 11.2 Å². The minimum Gasteiger partial charge on any atom is -0.325 e. The van der Waals surface area contributed by atoms with Gasteiger partial charge < -0.3 is 5.32 Å². The largest absolute Gasteiger partial charge is 0.325 e. The summed E-state index contributed by atoms with van der Waals surface area (Å²) in [6.45, 7) is 6.16. The van der Waals surface area contributed by atoms with Crippen molar-refractivity contribution in [3.8, 4) is 5.69 Å². The van der Waals surface area contributed by atoms with E-state index in [0.29, 0.717) is 11.1 Å². The second-order valence-electron chi connectivity index (χ2n) is 6.35. The number of rotatable bonds is 7. The molecule has 2 aromatic carbocycles. The molecule has 1 heterocycles. The van der Waals surface area contributed by atoms with Crippen LogP contribution in [0.5, 0.6) is 0 Å². The number of thioether (sulfide) groups is 1. The number of amides is 1. The van der Waals surface area contributed by atoms with Crippen LogP contribution in [0.15, 0.2) is 59.8 Å². The Labute approximate surface area is 163 Å². The second kappa shape index (κ2) is 8.81. The van der Waals surface area contributed by atoms with E-state index in [1.54, 1.807) is 4.68 Å². The first-order valence-corrected chi connectivity index (χ1v) is 9.88. The van der Waals surface area contributed by atoms with Crippen LogP contribution in [0.25, 0.3) is 5.69 Å². The third kappa shape index (κ3) is 4.54. The van der Waals surface area contributed by atoms with Crippen LogP contribution in [0.1, 0.15) is 38.7 Å². The lowest BCUT2D eigenvalue weighted by atomic mass is 9.97. The molecule has 6 nitrogen and oxygen atoms in total. The Hall–Kier alpha value is -2.67. The van der Waals surface area contributed by atoms with E-state index in [2.05, 4.69) is 40.8 Å². The van der Waals surface area contributed by atoms with E-state index in [0.717, 1.165) is 23.4 Å². The molecule has 1 N–H and O–H groups in total. The summed E-state index contributed by atoms with van der Waals surface area (Å²) in [6.07, 6.45) is 1.02. The zero-order valence-corrected chi connectivity index (χ0v) is 16.5. The molecule has 1 aromatic heterocycles. The van der Waals surface area contributed by atoms with Crippen LogP contribution in [-0.2, 0) is 4.79 Å². The number of para-hydroxylation sites is 2. The van der Waals surface area contributed by atoms with Gasteiger partial charge in [0.2, 0.25) is 11.1 Å². The van der Waals surface area contributed by atoms with Crippen LogP contribution in [0, 0.1) is 0 Å². The van der Waals surface area contributed by atoms with Gasteiger partial charge in [-0.25, -0.2) is 0 Å². The van der Waals surface area contributed by atoms with Gasteiger partial charge in [0.25, 0.3) is 0 Å². The van der Waals surface area contributed by atoms with Crippen LogP contribution in [0.2, 0.25) is 0 Å². The predicted molar refractivity (Wildman–Crippen MR) is 108 cm³/mol. The first-order chi connectivity index (χ1) is 13.1. The summed E-state index contributed by atoms with van der Waals surface area (Å²) in [6, 6.07) is 17.6. The Morgan fingerprint density at radius 1 is 1.11 bits per heavy atom. The summed E-state index contributed by atoms with van der Waals surface area (Å²) >= 11 is 1.33. The lowest BCUT2D eigenvalue weighted by molar-refractivity contribution is -0.115. The molecule has 0 aliphatic carbocycles. The van der Waals surface area contributed by atoms with Gasteiger partial charge in [0.1, 0.15) is 0 Å². The summed E-state index contributed by atoms with van der Waals surface area (Å²) in [5.41, 5.74) is 2.88. The topological polar surface area (TPSA) is 72.7 Å². The van der Waals surface area contributed by atoms with Crippen LogP contribution < -0.4 is 5.32 Å². The van der Waals surface area contributed by atoms with Gasteiger partial charge in [0, 0.05) is 5.69 Å². The summed E-state index contributed by atoms with van der Waals surface area (Å²) in [5, 5.41) is 15.2. The maximum absolute atomic E-state index is 12.7. The summed E-state index contributed by atoms with van der Waals surface area (Å²) in [5.74, 6) is 0.313. The molecule has 0 saturated carbocycles. The standard InChI is InChI=1S/C20H23N5OS/c1-4-14(2)17-12-8-9-13-18(17)21-19(26)15(3)27-20-22-23-24-25(20)16-10-6-5-7-11-16/h5-15H,4H2,1-3H3,(H,21,26)/t14-,15+/m1/s1. The van der Waals surface area contributed by atoms with Gasteiger partial charge in [-0.15, -0.1) is 5.10 Å². The Morgan fingerprint density at radius 2 is 1.81 bits per heavy atom. The Balaban J connectivity index is 1.72. The molecule has 2 atom stereocenters. The fourth-order valence-electron chi connectivity index (χ4n) is 2.69. The number of aromatic nitrogens is 4. The van der Waals surface area contributed by atoms with E-state index < -0.39 is 0 Å². The molecule has 0 radical (unpaired) electrons. The first-order valence-electron chi connectivity index (χ1n) is 9.00. The monoisotopic (exact) mass is 381 g/mol. The summed E-state index contributed by atoms with van der Waals surface area (Å²) in [7, 11) is 0. The molecular formula is C20H23N5OS. The molecule has 1 amide bonds. The van der Waals surface area contributed by atoms with Gasteiger partial charge in [0.15, 0.2) is 0 Å². The Bertz CT molecular complexity index is 896. The third-order valence-electron chi connectivity index (χ3n) is 4.46. The molecule has 140 valence electrons. The maximum atomic E-state index is 12.7. The minimum atomic E-state index is -0.344. The van der Waals surface area contributed by atoms with Crippen molar-refractivity contribution in [3.63, 3.8) is 0 Å². The molecule has 0 aliphatic rings. The highest BCUT2D eigenvalue weighted by molar-refractivity contribution is 8.00. The summed E-state index contributed by atoms with van der Waals surface area (Å²) in [4.78, 5) is 12.7. The van der Waals surface area contributed by atoms with Crippen molar-refractivity contribution in [2.75, 3.05) is 5.32 Å². The van der Waals surface area contributed by atoms with Crippen molar-refractivity contribution in [3.05, 3.63) is 60.2 Å². The van der Waals surface area contributed by atoms with Gasteiger partial charge in [-0.1, -0.05) is 62.0 Å². The van der Waals surface area contributed by atoms with E-state index in [1.165, 1.54) is 11.8 Å². The number of nitrogens with zero attached hydrogens (tertiary/aromatic N) is 4. The van der Waals surface area contributed by atoms with Crippen molar-refractivity contribution in [2.45, 2.75) is 43.5 Å². The fourth-order valence-corrected chi connectivity index (χ4v) is 3.50. The molecule has 0 spiro atoms. The number of benzene rings is 2. The predicted octanol–water partition coefficient (Wildman–Crippen LogP) is 4.30. The third-order valence-corrected chi connectivity index (χ3v) is 5.49. The molecule has 7 heteroatoms. The number of nitrogens with one attached hydrogen (secondary N) is 1. The van der Waals surface area contributed by atoms with Crippen LogP contribution in [0.4, 0.5) is 5.69 Å². The molecule has 3 aromatic rings. The van der Waals surface area contributed by atoms with Crippen molar-refractivity contribution in [2.24, 2.45) is 0 Å². The molecule has 0 saturated heterocycles. The van der Waals surface area contributed by atoms with E-state index in [4.69, 9.17) is 0 Å². The molecule has 27 heavy (non-hydrogen) atoms. The Kier molecular flexibility index (Phi) is 6.24. The number of hydrogen-bond acceptors (Lipinski definition) is 5. The number of tetrazole rings is 1. The number of carbonyl (C=O) groups is 1. The number of carbonyl (C=O) groups excluding carboxylic acids is 1. The molecule has 0 aliphatic heterocycles. The highest BCUT2D eigenvalue weighted by Gasteiger charge is 2.20. The van der Waals surface area contributed by atoms with Crippen LogP contribution >= 0.6 is 11.8 Å². The number of hydrogen-bond donors (Lipinski definition) is 1. The molecule has 0 bridgehead atoms. The average Bonchev–Trinajstić information content (AvgIpc) is 3.16. The van der Waals surface area contributed by atoms with Gasteiger partial charge in [-0.3, -0.25) is 4.79 Å². The molecule has 3 rings (SSSR count). The highest BCUT2D eigenvalue weighted by atomic mass is 32.2. The lowest BCUT2D eigenvalue weighted by Crippen LogP contribution is -2.23. The minimum absolute atomic E-state index is 0.0710. The lowest BCUT2D eigenvalue weighted by Gasteiger charge is -2.17. The van der Waals surface area contributed by atoms with E-state index in [1.807, 2.05) is 55.5 Å². The van der Waals surface area contributed by atoms with Gasteiger partial charge in [-0.2, -0.15) is 4.68 Å². The maximum Gasteiger partial charge on any atom is 0.237 e. The summed E-state index contributed by atoms with van der Waals surface area (Å²) < 4.78 is 1.64. The van der Waals surface area contributed by atoms with E-state index >= 15 is 0 Å². The first kappa shape index (κ1) is 19.1. The Morgan fingerprint density at radius 3 is 2.56 bits per heavy atom. The quantitative estimate of drug-likeness (QED) is 0.618. The zero-order valence-electron chi connectivity index (χ0n) is 15.7. The average molecular weight is 382 g/mol. The highest BCUT2D eigenvalue weighted by Crippen LogP contribution is 2.28.